The van der Waals surface area contributed by atoms with Crippen molar-refractivity contribution in [3.05, 3.63) is 82.9 Å². The Bertz CT molecular complexity index is 1440. The first-order valence-corrected chi connectivity index (χ1v) is 11.3. The van der Waals surface area contributed by atoms with Crippen molar-refractivity contribution in [2.45, 2.75) is 37.8 Å². The van der Waals surface area contributed by atoms with Crippen molar-refractivity contribution in [3.8, 4) is 11.3 Å². The van der Waals surface area contributed by atoms with E-state index >= 15 is 0 Å². The van der Waals surface area contributed by atoms with Crippen LogP contribution in [0.1, 0.15) is 46.9 Å². The number of rotatable bonds is 2. The summed E-state index contributed by atoms with van der Waals surface area (Å²) in [5, 5.41) is 5.27. The molecule has 5 nitrogen and oxygen atoms in total. The number of aromatic nitrogens is 3. The average Bonchev–Trinajstić information content (AvgIpc) is 3.13. The maximum absolute atomic E-state index is 14.7. The molecule has 1 saturated heterocycles. The van der Waals surface area contributed by atoms with Crippen molar-refractivity contribution in [3.63, 3.8) is 0 Å². The summed E-state index contributed by atoms with van der Waals surface area (Å²) >= 11 is 0. The van der Waals surface area contributed by atoms with Crippen LogP contribution in [-0.2, 0) is 13.5 Å². The quantitative estimate of drug-likeness (QED) is 0.404. The summed E-state index contributed by atoms with van der Waals surface area (Å²) in [7, 11) is 1.75. The fourth-order valence-corrected chi connectivity index (χ4v) is 5.62. The highest BCUT2D eigenvalue weighted by atomic mass is 19.1. The zero-order valence-electron chi connectivity index (χ0n) is 18.4. The average molecular weight is 462 g/mol. The Labute approximate surface area is 193 Å². The third-order valence-corrected chi connectivity index (χ3v) is 6.95. The van der Waals surface area contributed by atoms with Crippen LogP contribution in [0, 0.1) is 17.5 Å². The fourth-order valence-electron chi connectivity index (χ4n) is 5.62. The lowest BCUT2D eigenvalue weighted by molar-refractivity contribution is 0.0391. The van der Waals surface area contributed by atoms with E-state index in [0.29, 0.717) is 23.1 Å². The summed E-state index contributed by atoms with van der Waals surface area (Å²) < 4.78 is 44.3. The van der Waals surface area contributed by atoms with E-state index in [1.165, 1.54) is 24.4 Å². The first-order valence-electron chi connectivity index (χ1n) is 11.3. The molecule has 1 amide bonds. The van der Waals surface area contributed by atoms with Crippen LogP contribution < -0.4 is 0 Å². The summed E-state index contributed by atoms with van der Waals surface area (Å²) in [4.78, 5) is 19.6. The molecule has 0 radical (unpaired) electrons. The number of fused-ring (bicyclic) bond motifs is 5. The molecular weight excluding hydrogens is 441 g/mol. The second kappa shape index (κ2) is 7.68. The number of hydrogen-bond donors (Lipinski definition) is 0. The number of piperidine rings is 1. The van der Waals surface area contributed by atoms with E-state index < -0.39 is 17.5 Å². The van der Waals surface area contributed by atoms with Gasteiger partial charge in [-0.3, -0.25) is 14.5 Å². The predicted octanol–water partition coefficient (Wildman–Crippen LogP) is 5.34. The van der Waals surface area contributed by atoms with E-state index in [2.05, 4.69) is 4.98 Å². The van der Waals surface area contributed by atoms with Gasteiger partial charge in [-0.25, -0.2) is 13.2 Å². The van der Waals surface area contributed by atoms with Gasteiger partial charge in [0, 0.05) is 47.4 Å². The molecule has 172 valence electrons. The molecule has 0 spiro atoms. The Morgan fingerprint density at radius 2 is 1.85 bits per heavy atom. The van der Waals surface area contributed by atoms with Crippen LogP contribution in [0.4, 0.5) is 13.2 Å². The molecule has 2 bridgehead atoms. The number of amides is 1. The third-order valence-electron chi connectivity index (χ3n) is 6.95. The second-order valence-corrected chi connectivity index (χ2v) is 9.04. The first-order chi connectivity index (χ1) is 16.4. The number of hydrogen-bond acceptors (Lipinski definition) is 3. The molecule has 8 heteroatoms. The van der Waals surface area contributed by atoms with Crippen LogP contribution in [0.2, 0.25) is 0 Å². The molecule has 1 fully saturated rings. The van der Waals surface area contributed by atoms with E-state index in [1.807, 2.05) is 4.90 Å². The summed E-state index contributed by atoms with van der Waals surface area (Å²) in [6.07, 6.45) is 4.50. The molecular formula is C26H21F3N4O. The van der Waals surface area contributed by atoms with E-state index in [1.54, 1.807) is 29.9 Å². The van der Waals surface area contributed by atoms with Crippen molar-refractivity contribution >= 4 is 16.8 Å². The van der Waals surface area contributed by atoms with Crippen molar-refractivity contribution in [1.29, 1.82) is 0 Å². The van der Waals surface area contributed by atoms with Gasteiger partial charge < -0.3 is 4.90 Å². The summed E-state index contributed by atoms with van der Waals surface area (Å²) in [5.74, 6) is -2.07. The lowest BCUT2D eigenvalue weighted by atomic mass is 9.81. The minimum atomic E-state index is -0.648. The van der Waals surface area contributed by atoms with Crippen LogP contribution in [0.3, 0.4) is 0 Å². The monoisotopic (exact) mass is 462 g/mol. The van der Waals surface area contributed by atoms with Crippen LogP contribution in [-0.4, -0.2) is 31.6 Å². The highest BCUT2D eigenvalue weighted by Gasteiger charge is 2.43. The molecule has 0 N–H and O–H groups in total. The lowest BCUT2D eigenvalue weighted by Crippen LogP contribution is -2.49. The van der Waals surface area contributed by atoms with Gasteiger partial charge in [-0.15, -0.1) is 0 Å². The Morgan fingerprint density at radius 3 is 2.65 bits per heavy atom. The standard InChI is InChI=1S/C26H21F3N4O/c1-32-25(15-9-17(27)12-18(28)10-15)20-13-19-5-2-6-22(24(20)31-32)33(19)26(34)16-8-14-4-3-7-30-23(14)21(29)11-16/h3-4,7-12,19,22H,2,5-6,13H2,1H3. The number of pyridine rings is 1. The van der Waals surface area contributed by atoms with Crippen LogP contribution >= 0.6 is 0 Å². The number of benzene rings is 2. The number of halogens is 3. The predicted molar refractivity (Wildman–Crippen MR) is 121 cm³/mol. The Kier molecular flexibility index (Phi) is 4.72. The van der Waals surface area contributed by atoms with Gasteiger partial charge in [-0.05, 0) is 56.0 Å². The Hall–Kier alpha value is -3.68. The molecule has 4 heterocycles. The molecule has 2 aromatic carbocycles. The minimum Gasteiger partial charge on any atom is -0.327 e. The van der Waals surface area contributed by atoms with E-state index in [4.69, 9.17) is 5.10 Å². The normalized spacial score (nSPS) is 19.4. The number of carbonyl (C=O) groups excluding carboxylic acids is 1. The van der Waals surface area contributed by atoms with Gasteiger partial charge in [0.25, 0.3) is 5.91 Å². The molecule has 0 saturated carbocycles. The van der Waals surface area contributed by atoms with Gasteiger partial charge in [0.2, 0.25) is 0 Å². The maximum Gasteiger partial charge on any atom is 0.254 e. The van der Waals surface area contributed by atoms with Crippen LogP contribution in [0.5, 0.6) is 0 Å². The molecule has 0 aliphatic carbocycles. The van der Waals surface area contributed by atoms with Gasteiger partial charge in [0.1, 0.15) is 23.0 Å². The summed E-state index contributed by atoms with van der Waals surface area (Å²) in [6, 6.07) is 9.46. The van der Waals surface area contributed by atoms with Gasteiger partial charge >= 0.3 is 0 Å². The molecule has 2 atom stereocenters. The molecule has 2 aliphatic rings. The Balaban J connectivity index is 1.44. The zero-order valence-corrected chi connectivity index (χ0v) is 18.4. The summed E-state index contributed by atoms with van der Waals surface area (Å²) in [5.41, 5.74) is 3.27. The van der Waals surface area contributed by atoms with E-state index in [0.717, 1.165) is 36.6 Å². The largest absolute Gasteiger partial charge is 0.327 e. The summed E-state index contributed by atoms with van der Waals surface area (Å²) in [6.45, 7) is 0. The SMILES string of the molecule is Cn1nc2c(c1-c1cc(F)cc(F)c1)CC1CCCC2N1C(=O)c1cc(F)c2ncccc2c1. The fraction of sp³-hybridized carbons (Fsp3) is 0.269. The molecule has 4 aromatic rings. The van der Waals surface area contributed by atoms with Gasteiger partial charge in [-0.1, -0.05) is 6.07 Å². The molecule has 6 rings (SSSR count). The van der Waals surface area contributed by atoms with Crippen molar-refractivity contribution in [2.24, 2.45) is 7.05 Å². The Morgan fingerprint density at radius 1 is 1.06 bits per heavy atom. The lowest BCUT2D eigenvalue weighted by Gasteiger charge is -2.45. The number of carbonyl (C=O) groups is 1. The minimum absolute atomic E-state index is 0.104. The molecule has 2 unspecified atom stereocenters. The topological polar surface area (TPSA) is 51.0 Å². The maximum atomic E-state index is 14.7. The zero-order chi connectivity index (χ0) is 23.6. The van der Waals surface area contributed by atoms with Crippen LogP contribution in [0.15, 0.2) is 48.7 Å². The highest BCUT2D eigenvalue weighted by Crippen LogP contribution is 2.45. The van der Waals surface area contributed by atoms with Crippen molar-refractivity contribution in [2.75, 3.05) is 0 Å². The van der Waals surface area contributed by atoms with Crippen molar-refractivity contribution in [1.82, 2.24) is 19.7 Å². The first kappa shape index (κ1) is 20.9. The highest BCUT2D eigenvalue weighted by molar-refractivity contribution is 5.98. The van der Waals surface area contributed by atoms with Crippen molar-refractivity contribution < 1.29 is 18.0 Å². The second-order valence-electron chi connectivity index (χ2n) is 9.04. The van der Waals surface area contributed by atoms with Gasteiger partial charge in [-0.2, -0.15) is 5.10 Å². The van der Waals surface area contributed by atoms with Gasteiger partial charge in [0.15, 0.2) is 0 Å². The van der Waals surface area contributed by atoms with Crippen LogP contribution in [0.25, 0.3) is 22.2 Å². The number of aryl methyl sites for hydroxylation is 1. The molecule has 2 aromatic heterocycles. The number of nitrogens with zero attached hydrogens (tertiary/aromatic N) is 4. The smallest absolute Gasteiger partial charge is 0.254 e. The van der Waals surface area contributed by atoms with E-state index in [-0.39, 0.29) is 29.1 Å². The van der Waals surface area contributed by atoms with E-state index in [9.17, 15) is 18.0 Å². The molecule has 34 heavy (non-hydrogen) atoms. The van der Waals surface area contributed by atoms with Gasteiger partial charge in [0.05, 0.1) is 17.4 Å². The third kappa shape index (κ3) is 3.20. The molecule has 2 aliphatic heterocycles.